The van der Waals surface area contributed by atoms with Gasteiger partial charge in [0.1, 0.15) is 6.54 Å². The van der Waals surface area contributed by atoms with Crippen LogP contribution in [-0.2, 0) is 11.2 Å². The van der Waals surface area contributed by atoms with Crippen LogP contribution in [0.2, 0.25) is 0 Å². The summed E-state index contributed by atoms with van der Waals surface area (Å²) in [6.45, 7) is 5.92. The van der Waals surface area contributed by atoms with Gasteiger partial charge in [-0.05, 0) is 49.6 Å². The Morgan fingerprint density at radius 3 is 2.92 bits per heavy atom. The maximum absolute atomic E-state index is 12.1. The Morgan fingerprint density at radius 2 is 2.21 bits per heavy atom. The molecule has 132 valence electrons. The number of hydrogen-bond acceptors (Lipinski definition) is 3. The third-order valence-corrected chi connectivity index (χ3v) is 5.26. The Hall–Kier alpha value is -1.69. The van der Waals surface area contributed by atoms with Crippen molar-refractivity contribution in [2.75, 3.05) is 30.7 Å². The first-order valence-electron chi connectivity index (χ1n) is 8.73. The predicted molar refractivity (Wildman–Crippen MR) is 104 cm³/mol. The minimum absolute atomic E-state index is 0.101. The molecule has 1 amide bonds. The molecule has 1 unspecified atom stereocenters. The number of benzene rings is 1. The summed E-state index contributed by atoms with van der Waals surface area (Å²) >= 11 is 2.01. The second-order valence-corrected chi connectivity index (χ2v) is 7.22. The molecule has 24 heavy (non-hydrogen) atoms. The number of thioether (sulfide) groups is 1. The van der Waals surface area contributed by atoms with Gasteiger partial charge in [-0.25, -0.2) is 4.99 Å². The molecule has 1 fully saturated rings. The van der Waals surface area contributed by atoms with Gasteiger partial charge in [0.05, 0.1) is 0 Å². The van der Waals surface area contributed by atoms with Crippen LogP contribution in [0.25, 0.3) is 0 Å². The fraction of sp³-hybridized carbons (Fsp3) is 0.556. The fourth-order valence-electron chi connectivity index (χ4n) is 2.58. The zero-order chi connectivity index (χ0) is 17.2. The van der Waals surface area contributed by atoms with E-state index >= 15 is 0 Å². The molecular formula is C18H28N4OS. The summed E-state index contributed by atoms with van der Waals surface area (Å²) in [5.41, 5.74) is 2.04. The first-order chi connectivity index (χ1) is 11.7. The van der Waals surface area contributed by atoms with Crippen LogP contribution in [0.1, 0.15) is 32.3 Å². The number of guanidine groups is 1. The second kappa shape index (κ2) is 10.2. The van der Waals surface area contributed by atoms with Crippen LogP contribution in [0.5, 0.6) is 0 Å². The number of nitrogens with one attached hydrogen (secondary N) is 3. The Labute approximate surface area is 149 Å². The number of anilines is 1. The number of nitrogens with zero attached hydrogens (tertiary/aromatic N) is 1. The molecule has 0 spiro atoms. The smallest absolute Gasteiger partial charge is 0.246 e. The lowest BCUT2D eigenvalue weighted by molar-refractivity contribution is -0.114. The topological polar surface area (TPSA) is 65.5 Å². The van der Waals surface area contributed by atoms with Gasteiger partial charge in [-0.15, -0.1) is 0 Å². The number of rotatable bonds is 7. The van der Waals surface area contributed by atoms with Crippen molar-refractivity contribution in [1.82, 2.24) is 10.6 Å². The van der Waals surface area contributed by atoms with Crippen molar-refractivity contribution in [3.8, 4) is 0 Å². The standard InChI is InChI=1S/C18H28N4OS/c1-3-14-7-5-8-15(11-14)22-17(23)13-21-18(19-4-2)20-12-16-9-6-10-24-16/h5,7-8,11,16H,3-4,6,9-10,12-13H2,1-2H3,(H,22,23)(H2,19,20,21). The Morgan fingerprint density at radius 1 is 1.33 bits per heavy atom. The van der Waals surface area contributed by atoms with Gasteiger partial charge in [-0.2, -0.15) is 11.8 Å². The molecule has 0 radical (unpaired) electrons. The molecule has 0 aliphatic carbocycles. The van der Waals surface area contributed by atoms with E-state index in [4.69, 9.17) is 0 Å². The van der Waals surface area contributed by atoms with Gasteiger partial charge in [0.15, 0.2) is 5.96 Å². The maximum Gasteiger partial charge on any atom is 0.246 e. The van der Waals surface area contributed by atoms with E-state index in [2.05, 4.69) is 33.9 Å². The summed E-state index contributed by atoms with van der Waals surface area (Å²) in [6.07, 6.45) is 3.50. The Kier molecular flexibility index (Phi) is 7.95. The average Bonchev–Trinajstić information content (AvgIpc) is 3.11. The van der Waals surface area contributed by atoms with Crippen LogP contribution < -0.4 is 16.0 Å². The van der Waals surface area contributed by atoms with Crippen LogP contribution >= 0.6 is 11.8 Å². The largest absolute Gasteiger partial charge is 0.357 e. The van der Waals surface area contributed by atoms with Gasteiger partial charge in [-0.1, -0.05) is 19.1 Å². The van der Waals surface area contributed by atoms with Crippen molar-refractivity contribution in [2.45, 2.75) is 38.4 Å². The number of carbonyl (C=O) groups excluding carboxylic acids is 1. The molecule has 1 aromatic rings. The predicted octanol–water partition coefficient (Wildman–Crippen LogP) is 2.64. The molecule has 3 N–H and O–H groups in total. The van der Waals surface area contributed by atoms with Crippen LogP contribution in [0.3, 0.4) is 0 Å². The molecular weight excluding hydrogens is 320 g/mol. The van der Waals surface area contributed by atoms with Crippen LogP contribution in [0, 0.1) is 0 Å². The first kappa shape index (κ1) is 18.6. The minimum Gasteiger partial charge on any atom is -0.357 e. The third-order valence-electron chi connectivity index (χ3n) is 3.87. The lowest BCUT2D eigenvalue weighted by Crippen LogP contribution is -2.40. The van der Waals surface area contributed by atoms with Gasteiger partial charge >= 0.3 is 0 Å². The molecule has 0 aromatic heterocycles. The van der Waals surface area contributed by atoms with Crippen molar-refractivity contribution in [1.29, 1.82) is 0 Å². The zero-order valence-electron chi connectivity index (χ0n) is 14.6. The van der Waals surface area contributed by atoms with E-state index in [0.29, 0.717) is 11.2 Å². The van der Waals surface area contributed by atoms with Gasteiger partial charge < -0.3 is 16.0 Å². The highest BCUT2D eigenvalue weighted by Crippen LogP contribution is 2.25. The van der Waals surface area contributed by atoms with E-state index in [1.54, 1.807) is 0 Å². The molecule has 1 aliphatic rings. The van der Waals surface area contributed by atoms with E-state index < -0.39 is 0 Å². The van der Waals surface area contributed by atoms with E-state index in [1.165, 1.54) is 24.2 Å². The Balaban J connectivity index is 1.83. The maximum atomic E-state index is 12.1. The second-order valence-electron chi connectivity index (χ2n) is 5.81. The molecule has 1 aromatic carbocycles. The van der Waals surface area contributed by atoms with Gasteiger partial charge in [0, 0.05) is 24.0 Å². The molecule has 0 saturated carbocycles. The summed E-state index contributed by atoms with van der Waals surface area (Å²) in [5.74, 6) is 1.86. The van der Waals surface area contributed by atoms with Gasteiger partial charge in [0.25, 0.3) is 0 Å². The first-order valence-corrected chi connectivity index (χ1v) is 9.78. The SMILES string of the molecule is CCNC(=NCC(=O)Nc1cccc(CC)c1)NCC1CCCS1. The summed E-state index contributed by atoms with van der Waals surface area (Å²) < 4.78 is 0. The molecule has 1 aliphatic heterocycles. The average molecular weight is 349 g/mol. The van der Waals surface area contributed by atoms with Crippen molar-refractivity contribution in [3.63, 3.8) is 0 Å². The summed E-state index contributed by atoms with van der Waals surface area (Å²) in [5, 5.41) is 10.1. The normalized spacial score (nSPS) is 17.6. The van der Waals surface area contributed by atoms with E-state index in [-0.39, 0.29) is 12.5 Å². The number of amides is 1. The van der Waals surface area contributed by atoms with Gasteiger partial charge in [0.2, 0.25) is 5.91 Å². The molecule has 1 saturated heterocycles. The number of hydrogen-bond donors (Lipinski definition) is 3. The lowest BCUT2D eigenvalue weighted by atomic mass is 10.1. The van der Waals surface area contributed by atoms with E-state index in [0.717, 1.165) is 25.2 Å². The van der Waals surface area contributed by atoms with E-state index in [9.17, 15) is 4.79 Å². The van der Waals surface area contributed by atoms with Crippen molar-refractivity contribution >= 4 is 29.3 Å². The lowest BCUT2D eigenvalue weighted by Gasteiger charge is -2.14. The minimum atomic E-state index is -0.101. The van der Waals surface area contributed by atoms with Gasteiger partial charge in [-0.3, -0.25) is 4.79 Å². The summed E-state index contributed by atoms with van der Waals surface area (Å²) in [7, 11) is 0. The van der Waals surface area contributed by atoms with E-state index in [1.807, 2.05) is 36.9 Å². The highest BCUT2D eigenvalue weighted by molar-refractivity contribution is 8.00. The van der Waals surface area contributed by atoms with Crippen LogP contribution in [0.4, 0.5) is 5.69 Å². The highest BCUT2D eigenvalue weighted by atomic mass is 32.2. The van der Waals surface area contributed by atoms with Crippen molar-refractivity contribution in [2.24, 2.45) is 4.99 Å². The van der Waals surface area contributed by atoms with Crippen molar-refractivity contribution < 1.29 is 4.79 Å². The van der Waals surface area contributed by atoms with Crippen LogP contribution in [-0.4, -0.2) is 42.5 Å². The molecule has 1 atom stereocenters. The molecule has 1 heterocycles. The monoisotopic (exact) mass is 348 g/mol. The molecule has 5 nitrogen and oxygen atoms in total. The summed E-state index contributed by atoms with van der Waals surface area (Å²) in [4.78, 5) is 16.5. The molecule has 0 bridgehead atoms. The number of aryl methyl sites for hydroxylation is 1. The highest BCUT2D eigenvalue weighted by Gasteiger charge is 2.15. The van der Waals surface area contributed by atoms with Crippen LogP contribution in [0.15, 0.2) is 29.3 Å². The zero-order valence-corrected chi connectivity index (χ0v) is 15.4. The molecule has 2 rings (SSSR count). The Bertz CT molecular complexity index is 556. The third kappa shape index (κ3) is 6.43. The number of carbonyl (C=O) groups is 1. The number of aliphatic imine (C=N–C) groups is 1. The fourth-order valence-corrected chi connectivity index (χ4v) is 3.78. The summed E-state index contributed by atoms with van der Waals surface area (Å²) in [6, 6.07) is 7.93. The quantitative estimate of drug-likeness (QED) is 0.523. The van der Waals surface area contributed by atoms with Crippen molar-refractivity contribution in [3.05, 3.63) is 29.8 Å². The molecule has 6 heteroatoms.